The Morgan fingerprint density at radius 1 is 1.31 bits per heavy atom. The van der Waals surface area contributed by atoms with E-state index in [1.165, 1.54) is 0 Å². The second-order valence-electron chi connectivity index (χ2n) is 7.64. The van der Waals surface area contributed by atoms with Crippen molar-refractivity contribution < 1.29 is 24.2 Å². The highest BCUT2D eigenvalue weighted by Crippen LogP contribution is 2.57. The highest BCUT2D eigenvalue weighted by atomic mass is 16.5. The highest BCUT2D eigenvalue weighted by molar-refractivity contribution is 6.25. The van der Waals surface area contributed by atoms with E-state index in [2.05, 4.69) is 0 Å². The molecule has 3 N–H and O–H groups in total. The predicted octanol–water partition coefficient (Wildman–Crippen LogP) is -1.61. The third-order valence-corrected chi connectivity index (χ3v) is 6.39. The van der Waals surface area contributed by atoms with Crippen LogP contribution in [0, 0.1) is 5.92 Å². The van der Waals surface area contributed by atoms with Crippen molar-refractivity contribution in [3.63, 3.8) is 0 Å². The molecular weight excluding hydrogens is 340 g/mol. The van der Waals surface area contributed by atoms with Crippen molar-refractivity contribution in [2.75, 3.05) is 33.3 Å². The van der Waals surface area contributed by atoms with E-state index < -0.39 is 17.7 Å². The van der Waals surface area contributed by atoms with Crippen LogP contribution in [0.15, 0.2) is 22.5 Å². The first-order valence-electron chi connectivity index (χ1n) is 8.72. The van der Waals surface area contributed by atoms with Gasteiger partial charge in [-0.1, -0.05) is 0 Å². The fourth-order valence-electron chi connectivity index (χ4n) is 5.01. The van der Waals surface area contributed by atoms with Gasteiger partial charge in [0.25, 0.3) is 0 Å². The fraction of sp³-hybridized carbons (Fsp3) is 0.588. The van der Waals surface area contributed by atoms with Crippen LogP contribution in [0.1, 0.15) is 6.92 Å². The zero-order valence-electron chi connectivity index (χ0n) is 14.6. The molecule has 0 spiro atoms. The number of ketones is 2. The third-order valence-electron chi connectivity index (χ3n) is 6.39. The van der Waals surface area contributed by atoms with Crippen LogP contribution in [0.4, 0.5) is 4.79 Å². The van der Waals surface area contributed by atoms with Gasteiger partial charge in [-0.2, -0.15) is 0 Å². The molecule has 0 aromatic carbocycles. The van der Waals surface area contributed by atoms with E-state index in [9.17, 15) is 19.5 Å². The number of amides is 1. The molecule has 1 unspecified atom stereocenters. The van der Waals surface area contributed by atoms with E-state index >= 15 is 0 Å². The number of allylic oxidation sites excluding steroid dienone is 2. The van der Waals surface area contributed by atoms with Crippen LogP contribution in [-0.2, 0) is 14.3 Å². The maximum absolute atomic E-state index is 13.2. The fourth-order valence-corrected chi connectivity index (χ4v) is 5.01. The maximum atomic E-state index is 13.2. The first-order chi connectivity index (χ1) is 12.3. The predicted molar refractivity (Wildman–Crippen MR) is 87.3 cm³/mol. The highest BCUT2D eigenvalue weighted by Gasteiger charge is 2.74. The van der Waals surface area contributed by atoms with Crippen molar-refractivity contribution in [1.82, 2.24) is 14.7 Å². The summed E-state index contributed by atoms with van der Waals surface area (Å²) >= 11 is 0. The molecule has 5 atom stereocenters. The van der Waals surface area contributed by atoms with Crippen LogP contribution < -0.4 is 5.73 Å². The minimum atomic E-state index is -1.44. The molecule has 1 aliphatic carbocycles. The average molecular weight is 360 g/mol. The second-order valence-corrected chi connectivity index (χ2v) is 7.64. The summed E-state index contributed by atoms with van der Waals surface area (Å²) in [4.78, 5) is 43.0. The normalized spacial score (nSPS) is 40.0. The van der Waals surface area contributed by atoms with Gasteiger partial charge in [0.2, 0.25) is 11.6 Å². The number of hydrogen-bond donors (Lipinski definition) is 2. The molecule has 5 rings (SSSR count). The lowest BCUT2D eigenvalue weighted by molar-refractivity contribution is -0.126. The SMILES string of the molecule is CC1=C(N2CC2)C(=O)C2=C(C1=O)N1C[C@H]3[C@H](N3C)[C@]1(O)[C@@H]2COC(N)=O. The number of aliphatic hydroxyl groups is 1. The summed E-state index contributed by atoms with van der Waals surface area (Å²) in [6.07, 6.45) is -0.972. The van der Waals surface area contributed by atoms with Gasteiger partial charge in [0.1, 0.15) is 6.61 Å². The molecule has 26 heavy (non-hydrogen) atoms. The Labute approximate surface area is 149 Å². The molecule has 0 saturated carbocycles. The van der Waals surface area contributed by atoms with Crippen molar-refractivity contribution in [1.29, 1.82) is 0 Å². The molecule has 0 aromatic rings. The van der Waals surface area contributed by atoms with Crippen molar-refractivity contribution in [2.24, 2.45) is 11.7 Å². The third kappa shape index (κ3) is 1.69. The Kier molecular flexibility index (Phi) is 2.84. The lowest BCUT2D eigenvalue weighted by Crippen LogP contribution is -2.53. The van der Waals surface area contributed by atoms with E-state index in [-0.39, 0.29) is 41.5 Å². The molecule has 4 heterocycles. The van der Waals surface area contributed by atoms with Crippen LogP contribution in [0.25, 0.3) is 0 Å². The Morgan fingerprint density at radius 3 is 2.62 bits per heavy atom. The Morgan fingerprint density at radius 2 is 2.00 bits per heavy atom. The Balaban J connectivity index is 1.61. The second kappa shape index (κ2) is 4.66. The topological polar surface area (TPSA) is 116 Å². The average Bonchev–Trinajstić information content (AvgIpc) is 3.45. The number of piperazine rings is 1. The molecule has 9 nitrogen and oxygen atoms in total. The molecule has 3 saturated heterocycles. The minimum absolute atomic E-state index is 0.117. The number of rotatable bonds is 3. The summed E-state index contributed by atoms with van der Waals surface area (Å²) in [5.74, 6) is -1.29. The largest absolute Gasteiger partial charge is 0.449 e. The van der Waals surface area contributed by atoms with E-state index in [4.69, 9.17) is 10.5 Å². The van der Waals surface area contributed by atoms with Gasteiger partial charge in [-0.15, -0.1) is 0 Å². The first-order valence-corrected chi connectivity index (χ1v) is 8.72. The van der Waals surface area contributed by atoms with E-state index in [1.807, 2.05) is 16.8 Å². The number of fused-ring (bicyclic) bond motifs is 4. The lowest BCUT2D eigenvalue weighted by atomic mass is 9.82. The number of ether oxygens (including phenoxy) is 1. The van der Waals surface area contributed by atoms with E-state index in [0.29, 0.717) is 17.8 Å². The van der Waals surface area contributed by atoms with E-state index in [0.717, 1.165) is 13.1 Å². The summed E-state index contributed by atoms with van der Waals surface area (Å²) in [6, 6.07) is -0.0916. The van der Waals surface area contributed by atoms with Crippen molar-refractivity contribution >= 4 is 17.7 Å². The lowest BCUT2D eigenvalue weighted by Gasteiger charge is -2.37. The van der Waals surface area contributed by atoms with Gasteiger partial charge in [0, 0.05) is 36.8 Å². The van der Waals surface area contributed by atoms with Gasteiger partial charge in [0.05, 0.1) is 23.4 Å². The zero-order chi connectivity index (χ0) is 18.5. The van der Waals surface area contributed by atoms with Gasteiger partial charge >= 0.3 is 6.09 Å². The number of likely N-dealkylation sites (N-methyl/N-ethyl adjacent to an activating group) is 1. The number of nitrogens with zero attached hydrogens (tertiary/aromatic N) is 3. The van der Waals surface area contributed by atoms with E-state index in [1.54, 1.807) is 11.8 Å². The summed E-state index contributed by atoms with van der Waals surface area (Å²) in [5, 5.41) is 11.6. The summed E-state index contributed by atoms with van der Waals surface area (Å²) in [5.41, 5.74) is 5.00. The monoisotopic (exact) mass is 360 g/mol. The molecule has 0 bridgehead atoms. The minimum Gasteiger partial charge on any atom is -0.449 e. The number of carbonyl (C=O) groups excluding carboxylic acids is 3. The van der Waals surface area contributed by atoms with Crippen LogP contribution >= 0.6 is 0 Å². The maximum Gasteiger partial charge on any atom is 0.404 e. The quantitative estimate of drug-likeness (QED) is 0.456. The molecule has 0 radical (unpaired) electrons. The van der Waals surface area contributed by atoms with Crippen LogP contribution in [0.5, 0.6) is 0 Å². The summed E-state index contributed by atoms with van der Waals surface area (Å²) in [7, 11) is 1.89. The molecule has 3 fully saturated rings. The molecule has 9 heteroatoms. The van der Waals surface area contributed by atoms with Crippen molar-refractivity contribution in [3.05, 3.63) is 22.5 Å². The molecule has 1 amide bonds. The van der Waals surface area contributed by atoms with Crippen LogP contribution in [0.3, 0.4) is 0 Å². The standard InChI is InChI=1S/C17H20N4O5/c1-7-11(20-3-4-20)14(23)10-8(6-26-16(18)24)17(25)15-9(19(15)2)5-21(17)12(10)13(7)22/h8-9,15,25H,3-6H2,1-2H3,(H2,18,24)/t8-,9+,15+,17-,19?/m1/s1. The molecule has 0 aromatic heterocycles. The number of nitrogens with two attached hydrogens (primary N) is 1. The smallest absolute Gasteiger partial charge is 0.404 e. The number of Topliss-reactive ketones (excluding diaryl/α,β-unsaturated/α-hetero) is 2. The summed E-state index contributed by atoms with van der Waals surface area (Å²) < 4.78 is 4.98. The van der Waals surface area contributed by atoms with Gasteiger partial charge in [0.15, 0.2) is 5.72 Å². The Hall–Kier alpha value is -2.39. The number of hydrogen-bond acceptors (Lipinski definition) is 8. The Bertz CT molecular complexity index is 844. The molecular formula is C17H20N4O5. The van der Waals surface area contributed by atoms with Crippen LogP contribution in [0.2, 0.25) is 0 Å². The number of primary amides is 1. The number of carbonyl (C=O) groups is 3. The molecule has 4 aliphatic heterocycles. The summed E-state index contributed by atoms with van der Waals surface area (Å²) in [6.45, 7) is 3.36. The van der Waals surface area contributed by atoms with Gasteiger partial charge in [-0.05, 0) is 14.0 Å². The molecule has 138 valence electrons. The van der Waals surface area contributed by atoms with Crippen molar-refractivity contribution in [3.8, 4) is 0 Å². The first kappa shape index (κ1) is 15.8. The van der Waals surface area contributed by atoms with Crippen LogP contribution in [-0.4, -0.2) is 88.6 Å². The zero-order valence-corrected chi connectivity index (χ0v) is 14.6. The van der Waals surface area contributed by atoms with Gasteiger partial charge < -0.3 is 25.4 Å². The van der Waals surface area contributed by atoms with Crippen molar-refractivity contribution in [2.45, 2.75) is 24.7 Å². The molecule has 5 aliphatic rings. The van der Waals surface area contributed by atoms with Gasteiger partial charge in [-0.25, -0.2) is 4.79 Å². The van der Waals surface area contributed by atoms with Gasteiger partial charge in [-0.3, -0.25) is 14.5 Å².